The van der Waals surface area contributed by atoms with Crippen LogP contribution in [-0.2, 0) is 4.79 Å². The fraction of sp³-hybridized carbons (Fsp3) is 0.0833. The van der Waals surface area contributed by atoms with Crippen molar-refractivity contribution in [2.24, 2.45) is 4.99 Å². The molecule has 1 amide bonds. The second-order valence-corrected chi connectivity index (χ2v) is 8.91. The fourth-order valence-electron chi connectivity index (χ4n) is 3.19. The van der Waals surface area contributed by atoms with Gasteiger partial charge in [-0.15, -0.1) is 0 Å². The van der Waals surface area contributed by atoms with E-state index in [0.717, 1.165) is 31.4 Å². The maximum Gasteiger partial charge on any atom is 0.282 e. The third kappa shape index (κ3) is 4.25. The zero-order chi connectivity index (χ0) is 21.3. The molecule has 6 heteroatoms. The molecule has 4 nitrogen and oxygen atoms in total. The number of carbonyl (C=O) groups excluding carboxylic acids is 1. The summed E-state index contributed by atoms with van der Waals surface area (Å²) < 4.78 is 1.88. The number of amidine groups is 1. The van der Waals surface area contributed by atoms with Crippen molar-refractivity contribution < 1.29 is 4.79 Å². The van der Waals surface area contributed by atoms with E-state index in [0.29, 0.717) is 11.5 Å². The van der Waals surface area contributed by atoms with E-state index in [1.807, 2.05) is 97.9 Å². The van der Waals surface area contributed by atoms with Crippen LogP contribution in [-0.4, -0.2) is 25.8 Å². The van der Waals surface area contributed by atoms with Gasteiger partial charge < -0.3 is 4.90 Å². The highest BCUT2D eigenvalue weighted by Crippen LogP contribution is 2.30. The summed E-state index contributed by atoms with van der Waals surface area (Å²) in [6, 6.07) is 23.5. The molecule has 0 aromatic heterocycles. The number of anilines is 2. The summed E-state index contributed by atoms with van der Waals surface area (Å²) >= 11 is 6.97. The molecule has 0 bridgehead atoms. The molecule has 0 unspecified atom stereocenters. The molecule has 1 aliphatic rings. The van der Waals surface area contributed by atoms with E-state index in [4.69, 9.17) is 4.99 Å². The first-order valence-corrected chi connectivity index (χ1v) is 10.9. The van der Waals surface area contributed by atoms with Crippen LogP contribution in [0.3, 0.4) is 0 Å². The Balaban J connectivity index is 1.78. The molecule has 0 N–H and O–H groups in total. The number of carbonyl (C=O) groups is 1. The van der Waals surface area contributed by atoms with Crippen LogP contribution in [0.5, 0.6) is 0 Å². The summed E-state index contributed by atoms with van der Waals surface area (Å²) in [4.78, 5) is 21.8. The van der Waals surface area contributed by atoms with Gasteiger partial charge in [0.25, 0.3) is 5.91 Å². The lowest BCUT2D eigenvalue weighted by molar-refractivity contribution is -0.113. The highest BCUT2D eigenvalue weighted by atomic mass is 79.9. The number of halogens is 2. The number of nitrogens with zero attached hydrogens (tertiary/aromatic N) is 3. The summed E-state index contributed by atoms with van der Waals surface area (Å²) in [5.74, 6) is 0.462. The van der Waals surface area contributed by atoms with Crippen molar-refractivity contribution in [2.45, 2.75) is 0 Å². The van der Waals surface area contributed by atoms with Gasteiger partial charge in [0.15, 0.2) is 0 Å². The van der Waals surface area contributed by atoms with Crippen molar-refractivity contribution in [3.63, 3.8) is 0 Å². The van der Waals surface area contributed by atoms with Crippen LogP contribution in [0, 0.1) is 0 Å². The lowest BCUT2D eigenvalue weighted by Crippen LogP contribution is -2.32. The molecule has 3 aromatic rings. The number of rotatable bonds is 4. The quantitative estimate of drug-likeness (QED) is 0.386. The molecule has 0 saturated heterocycles. The summed E-state index contributed by atoms with van der Waals surface area (Å²) in [5.41, 5.74) is 4.08. The van der Waals surface area contributed by atoms with Gasteiger partial charge >= 0.3 is 0 Å². The van der Waals surface area contributed by atoms with Gasteiger partial charge in [-0.25, -0.2) is 4.99 Å². The summed E-state index contributed by atoms with van der Waals surface area (Å²) in [6.45, 7) is 0. The predicted octanol–water partition coefficient (Wildman–Crippen LogP) is 6.11. The van der Waals surface area contributed by atoms with Crippen LogP contribution in [0.1, 0.15) is 11.1 Å². The Morgan fingerprint density at radius 2 is 1.60 bits per heavy atom. The summed E-state index contributed by atoms with van der Waals surface area (Å²) in [7, 11) is 4.00. The van der Waals surface area contributed by atoms with E-state index in [-0.39, 0.29) is 5.91 Å². The fourth-order valence-corrected chi connectivity index (χ4v) is 3.84. The largest absolute Gasteiger partial charge is 0.378 e. The summed E-state index contributed by atoms with van der Waals surface area (Å²) in [6.07, 6.45) is 1.83. The Hall–Kier alpha value is -2.70. The van der Waals surface area contributed by atoms with E-state index in [1.165, 1.54) is 0 Å². The Labute approximate surface area is 192 Å². The van der Waals surface area contributed by atoms with Crippen LogP contribution < -0.4 is 9.80 Å². The average Bonchev–Trinajstić information content (AvgIpc) is 3.05. The van der Waals surface area contributed by atoms with Crippen LogP contribution in [0.4, 0.5) is 11.4 Å². The van der Waals surface area contributed by atoms with E-state index in [9.17, 15) is 4.79 Å². The second-order valence-electron chi connectivity index (χ2n) is 7.08. The molecule has 0 radical (unpaired) electrons. The summed E-state index contributed by atoms with van der Waals surface area (Å²) in [5, 5.41) is 0. The van der Waals surface area contributed by atoms with E-state index < -0.39 is 0 Å². The molecular weight excluding hydrogens is 506 g/mol. The zero-order valence-corrected chi connectivity index (χ0v) is 19.7. The molecule has 0 spiro atoms. The molecular formula is C24H19Br2N3O. The van der Waals surface area contributed by atoms with Gasteiger partial charge in [0.05, 0.1) is 5.69 Å². The Kier molecular flexibility index (Phi) is 5.88. The van der Waals surface area contributed by atoms with Gasteiger partial charge in [0.1, 0.15) is 11.5 Å². The topological polar surface area (TPSA) is 35.9 Å². The molecule has 30 heavy (non-hydrogen) atoms. The average molecular weight is 525 g/mol. The van der Waals surface area contributed by atoms with Crippen molar-refractivity contribution in [3.05, 3.63) is 98.6 Å². The van der Waals surface area contributed by atoms with Gasteiger partial charge in [-0.05, 0) is 54.1 Å². The van der Waals surface area contributed by atoms with Crippen molar-refractivity contribution >= 4 is 61.1 Å². The van der Waals surface area contributed by atoms with E-state index in [2.05, 4.69) is 31.9 Å². The molecule has 0 fully saturated rings. The number of benzene rings is 3. The van der Waals surface area contributed by atoms with Crippen LogP contribution in [0.2, 0.25) is 0 Å². The maximum atomic E-state index is 13.4. The monoisotopic (exact) mass is 523 g/mol. The lowest BCUT2D eigenvalue weighted by atomic mass is 10.1. The minimum atomic E-state index is -0.150. The molecule has 150 valence electrons. The van der Waals surface area contributed by atoms with Gasteiger partial charge in [-0.1, -0.05) is 62.2 Å². The first-order valence-electron chi connectivity index (χ1n) is 9.36. The molecule has 1 heterocycles. The standard InChI is InChI=1S/C24H19Br2N3O/c1-28(2)20-12-6-16(7-13-20)14-22-24(30)29(21-5-3-4-19(26)15-21)23(27-22)17-8-10-18(25)11-9-17/h3-15H,1-2H3/b22-14+. The van der Waals surface area contributed by atoms with Crippen LogP contribution >= 0.6 is 31.9 Å². The number of hydrogen-bond acceptors (Lipinski definition) is 3. The minimum absolute atomic E-state index is 0.150. The molecule has 3 aromatic carbocycles. The highest BCUT2D eigenvalue weighted by Gasteiger charge is 2.32. The Bertz CT molecular complexity index is 1150. The van der Waals surface area contributed by atoms with Crippen molar-refractivity contribution in [2.75, 3.05) is 23.9 Å². The van der Waals surface area contributed by atoms with Gasteiger partial charge in [-0.3, -0.25) is 9.69 Å². The smallest absolute Gasteiger partial charge is 0.282 e. The Morgan fingerprint density at radius 3 is 2.23 bits per heavy atom. The van der Waals surface area contributed by atoms with Crippen LogP contribution in [0.25, 0.3) is 6.08 Å². The van der Waals surface area contributed by atoms with E-state index in [1.54, 1.807) is 4.90 Å². The minimum Gasteiger partial charge on any atom is -0.378 e. The molecule has 0 saturated carbocycles. The first kappa shape index (κ1) is 20.6. The maximum absolute atomic E-state index is 13.4. The predicted molar refractivity (Wildman–Crippen MR) is 131 cm³/mol. The van der Waals surface area contributed by atoms with E-state index >= 15 is 0 Å². The first-order chi connectivity index (χ1) is 14.4. The third-order valence-electron chi connectivity index (χ3n) is 4.74. The van der Waals surface area contributed by atoms with Gasteiger partial charge in [-0.2, -0.15) is 0 Å². The number of hydrogen-bond donors (Lipinski definition) is 0. The van der Waals surface area contributed by atoms with Gasteiger partial charge in [0.2, 0.25) is 0 Å². The normalized spacial score (nSPS) is 14.9. The molecule has 0 atom stereocenters. The van der Waals surface area contributed by atoms with Crippen molar-refractivity contribution in [3.8, 4) is 0 Å². The van der Waals surface area contributed by atoms with Crippen molar-refractivity contribution in [1.82, 2.24) is 0 Å². The van der Waals surface area contributed by atoms with Crippen molar-refractivity contribution in [1.29, 1.82) is 0 Å². The van der Waals surface area contributed by atoms with Gasteiger partial charge in [0, 0.05) is 34.3 Å². The molecule has 1 aliphatic heterocycles. The Morgan fingerprint density at radius 1 is 0.900 bits per heavy atom. The van der Waals surface area contributed by atoms with Crippen LogP contribution in [0.15, 0.2) is 92.4 Å². The molecule has 4 rings (SSSR count). The number of aliphatic imine (C=N–C) groups is 1. The molecule has 0 aliphatic carbocycles. The SMILES string of the molecule is CN(C)c1ccc(/C=C2/N=C(c3ccc(Br)cc3)N(c3cccc(Br)c3)C2=O)cc1. The lowest BCUT2D eigenvalue weighted by Gasteiger charge is -2.19. The number of amides is 1. The second kappa shape index (κ2) is 8.58. The zero-order valence-electron chi connectivity index (χ0n) is 16.5. The third-order valence-corrected chi connectivity index (χ3v) is 5.76. The highest BCUT2D eigenvalue weighted by molar-refractivity contribution is 9.10.